The number of rotatable bonds is 9. The molecule has 7 nitrogen and oxygen atoms in total. The first-order valence-corrected chi connectivity index (χ1v) is 16.0. The molecule has 0 aliphatic carbocycles. The molecule has 0 saturated carbocycles. The number of hydrogen-bond acceptors (Lipinski definition) is 8. The van der Waals surface area contributed by atoms with Crippen LogP contribution >= 0.6 is 34.7 Å². The van der Waals surface area contributed by atoms with Gasteiger partial charge in [-0.1, -0.05) is 89.3 Å². The van der Waals surface area contributed by atoms with Gasteiger partial charge in [-0.2, -0.15) is 0 Å². The maximum Gasteiger partial charge on any atom is 0.301 e. The largest absolute Gasteiger partial charge is 0.507 e. The fourth-order valence-electron chi connectivity index (χ4n) is 4.90. The molecule has 11 heteroatoms. The number of anilines is 1. The minimum absolute atomic E-state index is 0.0435. The van der Waals surface area contributed by atoms with Crippen molar-refractivity contribution < 1.29 is 23.8 Å². The zero-order valence-corrected chi connectivity index (χ0v) is 26.2. The highest BCUT2D eigenvalue weighted by Crippen LogP contribution is 2.44. The molecule has 1 aromatic heterocycles. The van der Waals surface area contributed by atoms with Gasteiger partial charge in [0, 0.05) is 21.9 Å². The minimum atomic E-state index is -1.26. The van der Waals surface area contributed by atoms with Gasteiger partial charge in [-0.15, -0.1) is 10.2 Å². The Balaban J connectivity index is 1.30. The highest BCUT2D eigenvalue weighted by molar-refractivity contribution is 8.00. The summed E-state index contributed by atoms with van der Waals surface area (Å²) >= 11 is 8.48. The first kappa shape index (κ1) is 30.5. The number of benzene rings is 4. The predicted octanol–water partition coefficient (Wildman–Crippen LogP) is 8.14. The topological polar surface area (TPSA) is 92.6 Å². The molecule has 1 aliphatic heterocycles. The number of aryl methyl sites for hydroxylation is 1. The number of aliphatic hydroxyl groups excluding tert-OH is 1. The maximum atomic E-state index is 15.3. The highest BCUT2D eigenvalue weighted by atomic mass is 35.5. The van der Waals surface area contributed by atoms with E-state index in [0.29, 0.717) is 27.5 Å². The molecule has 1 atom stereocenters. The van der Waals surface area contributed by atoms with E-state index in [1.807, 2.05) is 43.3 Å². The Bertz CT molecular complexity index is 1910. The summed E-state index contributed by atoms with van der Waals surface area (Å²) in [6.07, 6.45) is 0. The predicted molar refractivity (Wildman–Crippen MR) is 174 cm³/mol. The van der Waals surface area contributed by atoms with Gasteiger partial charge in [0.25, 0.3) is 5.78 Å². The van der Waals surface area contributed by atoms with Gasteiger partial charge in [-0.05, 0) is 66.1 Å². The molecule has 6 rings (SSSR count). The van der Waals surface area contributed by atoms with Crippen molar-refractivity contribution in [3.8, 4) is 5.75 Å². The van der Waals surface area contributed by atoms with Gasteiger partial charge in [-0.3, -0.25) is 14.5 Å². The second-order valence-corrected chi connectivity index (χ2v) is 12.8. The van der Waals surface area contributed by atoms with Crippen molar-refractivity contribution in [2.75, 3.05) is 4.90 Å². The first-order chi connectivity index (χ1) is 21.8. The van der Waals surface area contributed by atoms with Crippen molar-refractivity contribution in [1.82, 2.24) is 10.2 Å². The highest BCUT2D eigenvalue weighted by Gasteiger charge is 2.49. The summed E-state index contributed by atoms with van der Waals surface area (Å²) in [5, 5.41) is 20.6. The smallest absolute Gasteiger partial charge is 0.301 e. The number of aromatic nitrogens is 2. The normalized spacial score (nSPS) is 15.9. The molecule has 1 N–H and O–H groups in total. The monoisotopic (exact) mass is 657 g/mol. The van der Waals surface area contributed by atoms with E-state index in [1.54, 1.807) is 42.5 Å². The number of halogens is 2. The van der Waals surface area contributed by atoms with Crippen molar-refractivity contribution in [3.63, 3.8) is 0 Å². The van der Waals surface area contributed by atoms with Crippen LogP contribution in [0.2, 0.25) is 5.02 Å². The lowest BCUT2D eigenvalue weighted by Gasteiger charge is -2.22. The summed E-state index contributed by atoms with van der Waals surface area (Å²) in [6, 6.07) is 26.4. The zero-order valence-electron chi connectivity index (χ0n) is 23.8. The summed E-state index contributed by atoms with van der Waals surface area (Å²) < 4.78 is 21.7. The Morgan fingerprint density at radius 3 is 2.42 bits per heavy atom. The second-order valence-electron chi connectivity index (χ2n) is 10.2. The number of aliphatic hydroxyl groups is 1. The molecule has 1 fully saturated rings. The molecule has 4 aromatic carbocycles. The summed E-state index contributed by atoms with van der Waals surface area (Å²) in [6.45, 7) is 2.36. The number of hydrogen-bond donors (Lipinski definition) is 1. The quantitative estimate of drug-likeness (QED) is 0.0562. The standard InChI is InChI=1S/C34H25ClFN3O4S2/c1-20-6-2-3-7-23(20)18-43-25-16-12-22(13-17-25)30(40)28-29(26-8-4-5-9-27(26)36)39(32(42)31(28)41)33-37-38-34(45-33)44-19-21-10-14-24(35)15-11-21/h2-17,29,40H,18-19H2,1H3/b30-28+. The number of carbonyl (C=O) groups is 2. The van der Waals surface area contributed by atoms with E-state index in [4.69, 9.17) is 16.3 Å². The van der Waals surface area contributed by atoms with E-state index in [0.717, 1.165) is 32.9 Å². The maximum absolute atomic E-state index is 15.3. The summed E-state index contributed by atoms with van der Waals surface area (Å²) in [5.74, 6) is -1.83. The molecule has 0 radical (unpaired) electrons. The van der Waals surface area contributed by atoms with Gasteiger partial charge in [0.15, 0.2) is 4.34 Å². The number of thioether (sulfide) groups is 1. The van der Waals surface area contributed by atoms with Crippen molar-refractivity contribution in [3.05, 3.63) is 141 Å². The summed E-state index contributed by atoms with van der Waals surface area (Å²) in [5.41, 5.74) is 3.23. The van der Waals surface area contributed by atoms with Crippen molar-refractivity contribution in [1.29, 1.82) is 0 Å². The Labute approximate surface area is 272 Å². The van der Waals surface area contributed by atoms with Gasteiger partial charge in [0.1, 0.15) is 30.0 Å². The van der Waals surface area contributed by atoms with E-state index in [-0.39, 0.29) is 21.8 Å². The van der Waals surface area contributed by atoms with Crippen LogP contribution < -0.4 is 9.64 Å². The van der Waals surface area contributed by atoms with Crippen LogP contribution in [0.5, 0.6) is 5.75 Å². The second kappa shape index (κ2) is 13.2. The van der Waals surface area contributed by atoms with Crippen LogP contribution in [0.1, 0.15) is 33.9 Å². The Morgan fingerprint density at radius 2 is 1.69 bits per heavy atom. The van der Waals surface area contributed by atoms with Gasteiger partial charge in [-0.25, -0.2) is 4.39 Å². The van der Waals surface area contributed by atoms with Gasteiger partial charge in [0.2, 0.25) is 5.13 Å². The lowest BCUT2D eigenvalue weighted by Crippen LogP contribution is -2.29. The number of nitrogens with zero attached hydrogens (tertiary/aromatic N) is 3. The van der Waals surface area contributed by atoms with E-state index >= 15 is 4.39 Å². The van der Waals surface area contributed by atoms with Crippen LogP contribution in [-0.2, 0) is 21.9 Å². The molecule has 1 saturated heterocycles. The van der Waals surface area contributed by atoms with Crippen LogP contribution in [0.4, 0.5) is 9.52 Å². The molecule has 0 spiro atoms. The molecule has 226 valence electrons. The fourth-order valence-corrected chi connectivity index (χ4v) is 6.85. The molecule has 2 heterocycles. The van der Waals surface area contributed by atoms with Crippen LogP contribution in [-0.4, -0.2) is 27.0 Å². The van der Waals surface area contributed by atoms with E-state index < -0.39 is 29.3 Å². The lowest BCUT2D eigenvalue weighted by molar-refractivity contribution is -0.132. The van der Waals surface area contributed by atoms with Gasteiger partial charge in [0.05, 0.1) is 5.57 Å². The first-order valence-electron chi connectivity index (χ1n) is 13.8. The average Bonchev–Trinajstić information content (AvgIpc) is 3.62. The fraction of sp³-hybridized carbons (Fsp3) is 0.118. The molecule has 1 aliphatic rings. The average molecular weight is 658 g/mol. The van der Waals surface area contributed by atoms with Crippen molar-refractivity contribution >= 4 is 57.3 Å². The Kier molecular flexibility index (Phi) is 8.97. The molecule has 0 bridgehead atoms. The van der Waals surface area contributed by atoms with Crippen molar-refractivity contribution in [2.24, 2.45) is 0 Å². The van der Waals surface area contributed by atoms with Gasteiger partial charge >= 0.3 is 5.91 Å². The van der Waals surface area contributed by atoms with E-state index in [9.17, 15) is 14.7 Å². The lowest BCUT2D eigenvalue weighted by atomic mass is 9.95. The van der Waals surface area contributed by atoms with Crippen LogP contribution in [0.15, 0.2) is 107 Å². The molecule has 1 amide bonds. The third kappa shape index (κ3) is 6.49. The zero-order chi connectivity index (χ0) is 31.5. The third-order valence-corrected chi connectivity index (χ3v) is 9.68. The SMILES string of the molecule is Cc1ccccc1COc1ccc(/C(O)=C2\C(=O)C(=O)N(c3nnc(SCc4ccc(Cl)cc4)s3)C2c2ccccc2F)cc1. The minimum Gasteiger partial charge on any atom is -0.507 e. The van der Waals surface area contributed by atoms with Crippen LogP contribution in [0.3, 0.4) is 0 Å². The number of ketones is 1. The van der Waals surface area contributed by atoms with Crippen LogP contribution in [0, 0.1) is 12.7 Å². The summed E-state index contributed by atoms with van der Waals surface area (Å²) in [7, 11) is 0. The van der Waals surface area contributed by atoms with Crippen molar-refractivity contribution in [2.45, 2.75) is 29.7 Å². The molecule has 1 unspecified atom stereocenters. The Hall–Kier alpha value is -4.51. The molecular formula is C34H25ClFN3O4S2. The number of ether oxygens (including phenoxy) is 1. The van der Waals surface area contributed by atoms with Gasteiger partial charge < -0.3 is 9.84 Å². The van der Waals surface area contributed by atoms with Crippen LogP contribution in [0.25, 0.3) is 5.76 Å². The molecule has 45 heavy (non-hydrogen) atoms. The number of carbonyl (C=O) groups excluding carboxylic acids is 2. The molecular weight excluding hydrogens is 633 g/mol. The summed E-state index contributed by atoms with van der Waals surface area (Å²) in [4.78, 5) is 28.1. The van der Waals surface area contributed by atoms with E-state index in [2.05, 4.69) is 10.2 Å². The third-order valence-electron chi connectivity index (χ3n) is 7.31. The number of Topliss-reactive ketones (excluding diaryl/α,β-unsaturated/α-hetero) is 1. The van der Waals surface area contributed by atoms with E-state index in [1.165, 1.54) is 30.0 Å². The molecule has 5 aromatic rings. The Morgan fingerprint density at radius 1 is 0.978 bits per heavy atom. The number of amides is 1.